The lowest BCUT2D eigenvalue weighted by molar-refractivity contribution is -0.298. The summed E-state index contributed by atoms with van der Waals surface area (Å²) in [5.74, 6) is -2.00. The molecule has 0 aromatic heterocycles. The van der Waals surface area contributed by atoms with Crippen LogP contribution in [0.2, 0.25) is 0 Å². The summed E-state index contributed by atoms with van der Waals surface area (Å²) >= 11 is 0. The Balaban J connectivity index is 1.20. The number of fused-ring (bicyclic) bond motifs is 1. The maximum atomic E-state index is 14.0. The number of likely N-dealkylation sites (tertiary alicyclic amines) is 1. The van der Waals surface area contributed by atoms with Crippen molar-refractivity contribution < 1.29 is 73.1 Å². The Bertz CT molecular complexity index is 1570. The van der Waals surface area contributed by atoms with Gasteiger partial charge in [-0.15, -0.1) is 0 Å². The molecular formula is C38H52N2O15. The van der Waals surface area contributed by atoms with E-state index in [-0.39, 0.29) is 38.2 Å². The molecule has 1 aromatic rings. The first kappa shape index (κ1) is 42.4. The number of carbonyl (C=O) groups excluding carboxylic acids is 4. The second kappa shape index (κ2) is 18.9. The number of nitrogens with one attached hydrogen (secondary N) is 1. The number of amides is 2. The zero-order valence-corrected chi connectivity index (χ0v) is 31.2. The first-order chi connectivity index (χ1) is 26.2. The number of hydrogen-bond donors (Lipinski definition) is 6. The highest BCUT2D eigenvalue weighted by molar-refractivity contribution is 5.98. The number of esters is 2. The molecule has 5 rings (SSSR count). The van der Waals surface area contributed by atoms with E-state index in [0.29, 0.717) is 30.5 Å². The first-order valence-electron chi connectivity index (χ1n) is 18.5. The van der Waals surface area contributed by atoms with E-state index in [2.05, 4.69) is 5.32 Å². The van der Waals surface area contributed by atoms with Gasteiger partial charge in [-0.1, -0.05) is 30.4 Å². The Morgan fingerprint density at radius 2 is 1.82 bits per heavy atom. The van der Waals surface area contributed by atoms with Gasteiger partial charge in [-0.3, -0.25) is 14.4 Å². The van der Waals surface area contributed by atoms with E-state index in [4.69, 9.17) is 28.4 Å². The molecule has 17 nitrogen and oxygen atoms in total. The van der Waals surface area contributed by atoms with Gasteiger partial charge in [-0.05, 0) is 57.7 Å². The first-order valence-corrected chi connectivity index (χ1v) is 18.5. The predicted molar refractivity (Wildman–Crippen MR) is 191 cm³/mol. The molecule has 0 spiro atoms. The predicted octanol–water partition coefficient (Wildman–Crippen LogP) is -0.297. The van der Waals surface area contributed by atoms with Gasteiger partial charge in [-0.25, -0.2) is 4.79 Å². The van der Waals surface area contributed by atoms with Gasteiger partial charge < -0.3 is 64.2 Å². The fraction of sp³-hybridized carbons (Fsp3) is 0.632. The van der Waals surface area contributed by atoms with E-state index in [1.807, 2.05) is 0 Å². The van der Waals surface area contributed by atoms with Crippen molar-refractivity contribution in [1.82, 2.24) is 10.2 Å². The number of aliphatic hydroxyl groups excluding tert-OH is 5. The second-order valence-electron chi connectivity index (χ2n) is 14.9. The van der Waals surface area contributed by atoms with Crippen LogP contribution < -0.4 is 5.32 Å². The number of carbonyl (C=O) groups is 4. The van der Waals surface area contributed by atoms with Gasteiger partial charge in [0.15, 0.2) is 6.29 Å². The van der Waals surface area contributed by atoms with E-state index in [1.54, 1.807) is 63.3 Å². The average Bonchev–Trinajstić information content (AvgIpc) is 3.85. The Kier molecular flexibility index (Phi) is 14.6. The van der Waals surface area contributed by atoms with Crippen molar-refractivity contribution in [3.63, 3.8) is 0 Å². The zero-order chi connectivity index (χ0) is 39.9. The van der Waals surface area contributed by atoms with E-state index in [0.717, 1.165) is 0 Å². The number of benzene rings is 1. The van der Waals surface area contributed by atoms with Gasteiger partial charge in [-0.2, -0.15) is 0 Å². The van der Waals surface area contributed by atoms with Gasteiger partial charge in [0.05, 0.1) is 31.4 Å². The summed E-state index contributed by atoms with van der Waals surface area (Å²) in [5.41, 5.74) is 0.298. The fourth-order valence-electron chi connectivity index (χ4n) is 6.93. The number of ether oxygens (including phenoxy) is 6. The van der Waals surface area contributed by atoms with Gasteiger partial charge in [0.2, 0.25) is 11.8 Å². The quantitative estimate of drug-likeness (QED) is 0.133. The minimum atomic E-state index is -1.58. The molecule has 1 aliphatic carbocycles. The van der Waals surface area contributed by atoms with Crippen LogP contribution in [0.3, 0.4) is 0 Å². The van der Waals surface area contributed by atoms with Gasteiger partial charge in [0.1, 0.15) is 61.2 Å². The zero-order valence-electron chi connectivity index (χ0n) is 31.2. The van der Waals surface area contributed by atoms with Crippen LogP contribution in [-0.2, 0) is 42.8 Å². The minimum absolute atomic E-state index is 0.0000357. The van der Waals surface area contributed by atoms with Crippen LogP contribution in [0, 0.1) is 0 Å². The molecule has 17 heteroatoms. The molecular weight excluding hydrogens is 724 g/mol. The van der Waals surface area contributed by atoms with Crippen molar-refractivity contribution in [3.8, 4) is 0 Å². The number of aliphatic hydroxyl groups is 5. The highest BCUT2D eigenvalue weighted by Crippen LogP contribution is 2.33. The summed E-state index contributed by atoms with van der Waals surface area (Å²) in [6.07, 6.45) is -3.47. The molecule has 55 heavy (non-hydrogen) atoms. The van der Waals surface area contributed by atoms with Crippen molar-refractivity contribution in [2.24, 2.45) is 0 Å². The Hall–Kier alpha value is -3.78. The van der Waals surface area contributed by atoms with E-state index < -0.39 is 104 Å². The van der Waals surface area contributed by atoms with Crippen molar-refractivity contribution in [1.29, 1.82) is 0 Å². The summed E-state index contributed by atoms with van der Waals surface area (Å²) in [6, 6.07) is 5.08. The normalized spacial score (nSPS) is 30.1. The van der Waals surface area contributed by atoms with Crippen LogP contribution in [0.5, 0.6) is 0 Å². The van der Waals surface area contributed by atoms with Crippen LogP contribution in [0.1, 0.15) is 68.8 Å². The Labute approximate surface area is 318 Å². The number of nitrogens with zero attached hydrogens (tertiary/aromatic N) is 1. The van der Waals surface area contributed by atoms with Crippen LogP contribution in [0.25, 0.3) is 6.08 Å². The van der Waals surface area contributed by atoms with Crippen LogP contribution >= 0.6 is 0 Å². The number of hydrogen-bond acceptors (Lipinski definition) is 15. The minimum Gasteiger partial charge on any atom is -0.460 e. The SMILES string of the molecule is CC(C)(C)OC(=O)CCC(CO)NC(=O)C1CCCN1C(=O)C1=CC2OCOC2C(OC(=O)c2ccccc2C=CCOC2OC(CO)C(O)C(O)C2O)C1. The maximum Gasteiger partial charge on any atom is 0.339 e. The van der Waals surface area contributed by atoms with Crippen molar-refractivity contribution in [2.75, 3.05) is 33.2 Å². The van der Waals surface area contributed by atoms with Crippen LogP contribution in [0.15, 0.2) is 42.0 Å². The fourth-order valence-corrected chi connectivity index (χ4v) is 6.93. The number of rotatable bonds is 14. The molecule has 0 radical (unpaired) electrons. The molecule has 1 aromatic carbocycles. The molecule has 3 aliphatic heterocycles. The third-order valence-electron chi connectivity index (χ3n) is 9.71. The molecule has 0 bridgehead atoms. The largest absolute Gasteiger partial charge is 0.460 e. The van der Waals surface area contributed by atoms with Crippen LogP contribution in [0.4, 0.5) is 0 Å². The van der Waals surface area contributed by atoms with E-state index in [1.165, 1.54) is 4.90 Å². The highest BCUT2D eigenvalue weighted by atomic mass is 16.7. The van der Waals surface area contributed by atoms with Crippen molar-refractivity contribution >= 4 is 29.8 Å². The lowest BCUT2D eigenvalue weighted by Gasteiger charge is -2.39. The average molecular weight is 777 g/mol. The lowest BCUT2D eigenvalue weighted by Crippen LogP contribution is -2.59. The lowest BCUT2D eigenvalue weighted by atomic mass is 9.91. The Morgan fingerprint density at radius 3 is 2.55 bits per heavy atom. The molecule has 10 atom stereocenters. The van der Waals surface area contributed by atoms with Crippen LogP contribution in [-0.4, -0.2) is 154 Å². The van der Waals surface area contributed by atoms with Gasteiger partial charge in [0, 0.05) is 25.0 Å². The standard InChI is InChI=1S/C38H52N2O15/c1-38(2,3)55-29(43)13-12-23(18-41)39-34(47)25-11-6-14-40(25)35(48)22-16-26-33(52-20-51-26)27(17-22)53-36(49)24-10-5-4-8-21(24)9-7-15-50-37-32(46)31(45)30(44)28(19-42)54-37/h4-5,7-10,16,23,25-28,30-33,37,41-42,44-46H,6,11-15,17-20H2,1-3H3,(H,39,47). The molecule has 304 valence electrons. The Morgan fingerprint density at radius 1 is 1.05 bits per heavy atom. The molecule has 2 amide bonds. The molecule has 3 saturated heterocycles. The second-order valence-corrected chi connectivity index (χ2v) is 14.9. The topological polar surface area (TPSA) is 240 Å². The summed E-state index contributed by atoms with van der Waals surface area (Å²) in [4.78, 5) is 54.6. The summed E-state index contributed by atoms with van der Waals surface area (Å²) in [6.45, 7) is 4.37. The highest BCUT2D eigenvalue weighted by Gasteiger charge is 2.46. The summed E-state index contributed by atoms with van der Waals surface area (Å²) < 4.78 is 33.6. The van der Waals surface area contributed by atoms with Gasteiger partial charge in [0.25, 0.3) is 0 Å². The third kappa shape index (κ3) is 10.8. The molecule has 6 N–H and O–H groups in total. The molecule has 3 heterocycles. The third-order valence-corrected chi connectivity index (χ3v) is 9.71. The molecule has 0 saturated carbocycles. The van der Waals surface area contributed by atoms with Gasteiger partial charge >= 0.3 is 11.9 Å². The monoisotopic (exact) mass is 776 g/mol. The van der Waals surface area contributed by atoms with Crippen molar-refractivity contribution in [2.45, 2.75) is 120 Å². The maximum absolute atomic E-state index is 14.0. The summed E-state index contributed by atoms with van der Waals surface area (Å²) in [7, 11) is 0. The van der Waals surface area contributed by atoms with E-state index >= 15 is 0 Å². The molecule has 3 fully saturated rings. The molecule has 4 aliphatic rings. The van der Waals surface area contributed by atoms with E-state index in [9.17, 15) is 44.7 Å². The summed E-state index contributed by atoms with van der Waals surface area (Å²) in [5, 5.41) is 52.3. The smallest absolute Gasteiger partial charge is 0.339 e. The molecule has 10 unspecified atom stereocenters. The van der Waals surface area contributed by atoms with Crippen molar-refractivity contribution in [3.05, 3.63) is 53.1 Å².